The van der Waals surface area contributed by atoms with Crippen LogP contribution in [-0.2, 0) is 0 Å². The Hall–Kier alpha value is -1.51. The Morgan fingerprint density at radius 3 is 2.89 bits per heavy atom. The van der Waals surface area contributed by atoms with Crippen LogP contribution in [0.15, 0.2) is 18.2 Å². The van der Waals surface area contributed by atoms with Gasteiger partial charge in [-0.15, -0.1) is 0 Å². The van der Waals surface area contributed by atoms with Gasteiger partial charge in [0.25, 0.3) is 5.91 Å². The fourth-order valence-electron chi connectivity index (χ4n) is 2.63. The summed E-state index contributed by atoms with van der Waals surface area (Å²) < 4.78 is 0. The Kier molecular flexibility index (Phi) is 3.90. The van der Waals surface area contributed by atoms with E-state index >= 15 is 0 Å². The van der Waals surface area contributed by atoms with E-state index < -0.39 is 0 Å². The molecule has 0 spiro atoms. The third-order valence-corrected chi connectivity index (χ3v) is 3.89. The quantitative estimate of drug-likeness (QED) is 0.815. The lowest BCUT2D eigenvalue weighted by Crippen LogP contribution is -2.43. The van der Waals surface area contributed by atoms with E-state index in [0.29, 0.717) is 11.7 Å². The first-order valence-corrected chi connectivity index (χ1v) is 6.80. The number of carbonyl (C=O) groups excluding carboxylic acids is 1. The second-order valence-corrected chi connectivity index (χ2v) is 5.13. The number of hydrogen-bond acceptors (Lipinski definition) is 2. The van der Waals surface area contributed by atoms with Crippen molar-refractivity contribution in [3.8, 4) is 0 Å². The molecular formula is C15H22N2O. The smallest absolute Gasteiger partial charge is 0.254 e. The van der Waals surface area contributed by atoms with Crippen molar-refractivity contribution in [3.05, 3.63) is 29.3 Å². The van der Waals surface area contributed by atoms with Gasteiger partial charge in [-0.3, -0.25) is 4.79 Å². The second-order valence-electron chi connectivity index (χ2n) is 5.13. The summed E-state index contributed by atoms with van der Waals surface area (Å²) in [6.07, 6.45) is 4.51. The molecule has 1 aromatic carbocycles. The average molecular weight is 246 g/mol. The minimum atomic E-state index is 0.133. The lowest BCUT2D eigenvalue weighted by atomic mass is 9.98. The monoisotopic (exact) mass is 246 g/mol. The number of hydrogen-bond donors (Lipinski definition) is 1. The molecule has 2 N–H and O–H groups in total. The molecule has 0 bridgehead atoms. The molecule has 1 fully saturated rings. The van der Waals surface area contributed by atoms with E-state index in [9.17, 15) is 4.79 Å². The van der Waals surface area contributed by atoms with Gasteiger partial charge in [0.1, 0.15) is 0 Å². The summed E-state index contributed by atoms with van der Waals surface area (Å²) in [4.78, 5) is 14.5. The number of carbonyl (C=O) groups is 1. The van der Waals surface area contributed by atoms with Gasteiger partial charge in [-0.25, -0.2) is 0 Å². The lowest BCUT2D eigenvalue weighted by Gasteiger charge is -2.35. The van der Waals surface area contributed by atoms with Crippen LogP contribution in [-0.4, -0.2) is 23.4 Å². The number of anilines is 1. The fraction of sp³-hybridized carbons (Fsp3) is 0.533. The minimum Gasteiger partial charge on any atom is -0.398 e. The number of rotatable bonds is 2. The Morgan fingerprint density at radius 2 is 2.22 bits per heavy atom. The number of amides is 1. The van der Waals surface area contributed by atoms with Crippen LogP contribution in [0.2, 0.25) is 0 Å². The number of nitrogens with zero attached hydrogens (tertiary/aromatic N) is 1. The number of likely N-dealkylation sites (tertiary alicyclic amines) is 1. The van der Waals surface area contributed by atoms with Crippen molar-refractivity contribution in [2.75, 3.05) is 12.3 Å². The zero-order valence-electron chi connectivity index (χ0n) is 11.3. The van der Waals surface area contributed by atoms with Crippen molar-refractivity contribution >= 4 is 11.6 Å². The van der Waals surface area contributed by atoms with Gasteiger partial charge < -0.3 is 10.6 Å². The van der Waals surface area contributed by atoms with Gasteiger partial charge >= 0.3 is 0 Å². The van der Waals surface area contributed by atoms with E-state index in [1.165, 1.54) is 6.42 Å². The topological polar surface area (TPSA) is 46.3 Å². The molecule has 1 saturated heterocycles. The van der Waals surface area contributed by atoms with Crippen LogP contribution in [0.4, 0.5) is 5.69 Å². The molecule has 1 aliphatic rings. The minimum absolute atomic E-state index is 0.133. The molecule has 0 radical (unpaired) electrons. The van der Waals surface area contributed by atoms with Crippen molar-refractivity contribution in [1.82, 2.24) is 4.90 Å². The van der Waals surface area contributed by atoms with Crippen LogP contribution >= 0.6 is 0 Å². The first-order valence-electron chi connectivity index (χ1n) is 6.80. The van der Waals surface area contributed by atoms with Crippen LogP contribution in [0, 0.1) is 6.92 Å². The maximum Gasteiger partial charge on any atom is 0.254 e. The summed E-state index contributed by atoms with van der Waals surface area (Å²) in [5.74, 6) is 0.133. The molecule has 98 valence electrons. The standard InChI is InChI=1S/C15H22N2O/c1-3-13-6-4-5-9-17(13)15(18)12-8-7-11(2)14(16)10-12/h7-8,10,13H,3-6,9,16H2,1-2H3. The summed E-state index contributed by atoms with van der Waals surface area (Å²) >= 11 is 0. The van der Waals surface area contributed by atoms with E-state index in [4.69, 9.17) is 5.73 Å². The molecule has 1 unspecified atom stereocenters. The number of benzene rings is 1. The van der Waals surface area contributed by atoms with E-state index in [0.717, 1.165) is 36.9 Å². The van der Waals surface area contributed by atoms with Crippen molar-refractivity contribution < 1.29 is 4.79 Å². The molecule has 0 saturated carbocycles. The highest BCUT2D eigenvalue weighted by Crippen LogP contribution is 2.23. The van der Waals surface area contributed by atoms with Crippen molar-refractivity contribution in [1.29, 1.82) is 0 Å². The number of nitrogen functional groups attached to an aromatic ring is 1. The molecule has 18 heavy (non-hydrogen) atoms. The van der Waals surface area contributed by atoms with Gasteiger partial charge in [-0.1, -0.05) is 13.0 Å². The van der Waals surface area contributed by atoms with Gasteiger partial charge in [0.05, 0.1) is 0 Å². The van der Waals surface area contributed by atoms with Crippen LogP contribution in [0.5, 0.6) is 0 Å². The van der Waals surface area contributed by atoms with E-state index in [1.54, 1.807) is 6.07 Å². The van der Waals surface area contributed by atoms with Gasteiger partial charge in [-0.2, -0.15) is 0 Å². The van der Waals surface area contributed by atoms with Gasteiger partial charge in [0.2, 0.25) is 0 Å². The number of nitrogens with two attached hydrogens (primary N) is 1. The van der Waals surface area contributed by atoms with Crippen LogP contribution < -0.4 is 5.73 Å². The number of piperidine rings is 1. The zero-order chi connectivity index (χ0) is 13.1. The Morgan fingerprint density at radius 1 is 1.44 bits per heavy atom. The van der Waals surface area contributed by atoms with Crippen LogP contribution in [0.25, 0.3) is 0 Å². The molecule has 1 heterocycles. The summed E-state index contributed by atoms with van der Waals surface area (Å²) in [6, 6.07) is 6.01. The maximum atomic E-state index is 12.5. The van der Waals surface area contributed by atoms with E-state index in [1.807, 2.05) is 24.0 Å². The Bertz CT molecular complexity index is 442. The van der Waals surface area contributed by atoms with Crippen molar-refractivity contribution in [3.63, 3.8) is 0 Å². The molecule has 3 heteroatoms. The average Bonchev–Trinajstić information content (AvgIpc) is 2.41. The Balaban J connectivity index is 2.21. The maximum absolute atomic E-state index is 12.5. The molecular weight excluding hydrogens is 224 g/mol. The van der Waals surface area contributed by atoms with Gasteiger partial charge in [0.15, 0.2) is 0 Å². The van der Waals surface area contributed by atoms with Gasteiger partial charge in [0, 0.05) is 23.8 Å². The van der Waals surface area contributed by atoms with Crippen molar-refractivity contribution in [2.24, 2.45) is 0 Å². The Labute approximate surface area is 109 Å². The van der Waals surface area contributed by atoms with Crippen LogP contribution in [0.1, 0.15) is 48.5 Å². The third-order valence-electron chi connectivity index (χ3n) is 3.89. The predicted molar refractivity (Wildman–Crippen MR) is 74.6 cm³/mol. The highest BCUT2D eigenvalue weighted by atomic mass is 16.2. The molecule has 1 aromatic rings. The second kappa shape index (κ2) is 5.42. The largest absolute Gasteiger partial charge is 0.398 e. The summed E-state index contributed by atoms with van der Waals surface area (Å²) in [6.45, 7) is 4.99. The molecule has 0 aromatic heterocycles. The molecule has 3 nitrogen and oxygen atoms in total. The first-order chi connectivity index (χ1) is 8.63. The highest BCUT2D eigenvalue weighted by molar-refractivity contribution is 5.95. The third kappa shape index (κ3) is 2.50. The molecule has 1 atom stereocenters. The molecule has 2 rings (SSSR count). The van der Waals surface area contributed by atoms with E-state index in [-0.39, 0.29) is 5.91 Å². The van der Waals surface area contributed by atoms with Gasteiger partial charge in [-0.05, 0) is 50.3 Å². The fourth-order valence-corrected chi connectivity index (χ4v) is 2.63. The van der Waals surface area contributed by atoms with Crippen LogP contribution in [0.3, 0.4) is 0 Å². The lowest BCUT2D eigenvalue weighted by molar-refractivity contribution is 0.0608. The molecule has 1 amide bonds. The zero-order valence-corrected chi connectivity index (χ0v) is 11.3. The SMILES string of the molecule is CCC1CCCCN1C(=O)c1ccc(C)c(N)c1. The summed E-state index contributed by atoms with van der Waals surface area (Å²) in [5.41, 5.74) is 8.33. The molecule has 0 aliphatic carbocycles. The summed E-state index contributed by atoms with van der Waals surface area (Å²) in [7, 11) is 0. The normalized spacial score (nSPS) is 19.9. The molecule has 1 aliphatic heterocycles. The first kappa shape index (κ1) is 12.9. The van der Waals surface area contributed by atoms with E-state index in [2.05, 4.69) is 6.92 Å². The van der Waals surface area contributed by atoms with Crippen molar-refractivity contribution in [2.45, 2.75) is 45.6 Å². The highest BCUT2D eigenvalue weighted by Gasteiger charge is 2.26. The summed E-state index contributed by atoms with van der Waals surface area (Å²) in [5, 5.41) is 0. The predicted octanol–water partition coefficient (Wildman–Crippen LogP) is 2.98. The number of aryl methyl sites for hydroxylation is 1.